The highest BCUT2D eigenvalue weighted by Crippen LogP contribution is 2.35. The molecule has 3 aromatic carbocycles. The molecule has 0 spiro atoms. The van der Waals surface area contributed by atoms with Crippen molar-refractivity contribution < 1.29 is 24.0 Å². The number of nitrogens with zero attached hydrogens (tertiary/aromatic N) is 2. The number of nitro groups is 1. The molecular weight excluding hydrogens is 599 g/mol. The van der Waals surface area contributed by atoms with Gasteiger partial charge in [0.2, 0.25) is 0 Å². The number of carbonyl (C=O) groups excluding carboxylic acids is 2. The van der Waals surface area contributed by atoms with E-state index >= 15 is 0 Å². The largest absolute Gasteiger partial charge is 0.490 e. The van der Waals surface area contributed by atoms with Crippen molar-refractivity contribution in [3.63, 3.8) is 0 Å². The van der Waals surface area contributed by atoms with Crippen molar-refractivity contribution >= 4 is 80.9 Å². The Kier molecular flexibility index (Phi) is 9.48. The summed E-state index contributed by atoms with van der Waals surface area (Å²) in [6.45, 7) is 2.37. The zero-order valence-corrected chi connectivity index (χ0v) is 23.8. The number of thiocarbonyl (C=S) groups is 1. The van der Waals surface area contributed by atoms with Crippen LogP contribution >= 0.6 is 47.2 Å². The van der Waals surface area contributed by atoms with Gasteiger partial charge in [-0.1, -0.05) is 41.0 Å². The number of nitro benzene ring substituents is 1. The van der Waals surface area contributed by atoms with Crippen molar-refractivity contribution in [3.8, 4) is 11.5 Å². The quantitative estimate of drug-likeness (QED) is 0.116. The van der Waals surface area contributed by atoms with Gasteiger partial charge < -0.3 is 14.8 Å². The first-order valence-electron chi connectivity index (χ1n) is 11.6. The molecule has 0 bridgehead atoms. The summed E-state index contributed by atoms with van der Waals surface area (Å²) >= 11 is 18.2. The summed E-state index contributed by atoms with van der Waals surface area (Å²) in [6, 6.07) is 15.1. The predicted octanol–water partition coefficient (Wildman–Crippen LogP) is 6.82. The summed E-state index contributed by atoms with van der Waals surface area (Å²) < 4.78 is 11.7. The topological polar surface area (TPSA) is 123 Å². The van der Waals surface area contributed by atoms with Crippen molar-refractivity contribution in [2.75, 3.05) is 11.9 Å². The van der Waals surface area contributed by atoms with Crippen molar-refractivity contribution in [1.29, 1.82) is 0 Å². The van der Waals surface area contributed by atoms with E-state index in [9.17, 15) is 19.7 Å². The van der Waals surface area contributed by atoms with Gasteiger partial charge in [-0.15, -0.1) is 0 Å². The van der Waals surface area contributed by atoms with Crippen LogP contribution in [0.1, 0.15) is 18.1 Å². The maximum Gasteiger partial charge on any atom is 0.338 e. The third-order valence-corrected chi connectivity index (χ3v) is 7.33. The van der Waals surface area contributed by atoms with Crippen LogP contribution in [0.4, 0.5) is 16.2 Å². The number of hydrogen-bond donors (Lipinski definition) is 2. The number of carbonyl (C=O) groups is 2. The smallest absolute Gasteiger partial charge is 0.338 e. The number of hydrogen-bond acceptors (Lipinski definition) is 8. The molecule has 1 saturated heterocycles. The number of nitrogens with one attached hydrogen (secondary N) is 2. The van der Waals surface area contributed by atoms with Gasteiger partial charge >= 0.3 is 6.03 Å². The lowest BCUT2D eigenvalue weighted by molar-refractivity contribution is -0.384. The minimum absolute atomic E-state index is 0.00387. The third kappa shape index (κ3) is 7.21. The van der Waals surface area contributed by atoms with Gasteiger partial charge in [-0.2, -0.15) is 5.01 Å². The van der Waals surface area contributed by atoms with Gasteiger partial charge in [-0.05, 0) is 78.8 Å². The van der Waals surface area contributed by atoms with E-state index in [1.54, 1.807) is 42.5 Å². The second-order valence-electron chi connectivity index (χ2n) is 8.06. The molecule has 1 heterocycles. The van der Waals surface area contributed by atoms with Gasteiger partial charge in [0.05, 0.1) is 26.5 Å². The molecule has 0 aliphatic carbocycles. The van der Waals surface area contributed by atoms with Crippen LogP contribution < -0.4 is 20.2 Å². The standard InChI is InChI=1S/C26H20Cl2N4O6S2/c1-2-37-22-11-16(5-10-21(22)38-14-15-3-7-18(8-4-15)32(35)36)12-23-24(33)31(26(39)40-23)30-25(34)29-17-6-9-19(27)20(28)13-17/h3-13H,2,14H2,1H3,(H2,29,30,34)/b23-12+. The normalized spacial score (nSPS) is 13.9. The van der Waals surface area contributed by atoms with Crippen molar-refractivity contribution in [2.24, 2.45) is 0 Å². The fourth-order valence-electron chi connectivity index (χ4n) is 3.43. The maximum absolute atomic E-state index is 13.0. The Morgan fingerprint density at radius 2 is 1.82 bits per heavy atom. The average molecular weight is 620 g/mol. The minimum Gasteiger partial charge on any atom is -0.490 e. The molecular formula is C26H20Cl2N4O6S2. The van der Waals surface area contributed by atoms with E-state index in [1.165, 1.54) is 24.3 Å². The van der Waals surface area contributed by atoms with Gasteiger partial charge in [0, 0.05) is 17.8 Å². The van der Waals surface area contributed by atoms with Crippen LogP contribution in [0.25, 0.3) is 6.08 Å². The SMILES string of the molecule is CCOc1cc(/C=C2/SC(=S)N(NC(=O)Nc3ccc(Cl)c(Cl)c3)C2=O)ccc1OCc1ccc([N+](=O)[O-])cc1. The molecule has 1 aliphatic heterocycles. The van der Waals surface area contributed by atoms with Crippen LogP contribution in [-0.2, 0) is 11.4 Å². The molecule has 1 aliphatic rings. The summed E-state index contributed by atoms with van der Waals surface area (Å²) in [5, 5.41) is 15.0. The lowest BCUT2D eigenvalue weighted by Gasteiger charge is -2.16. The highest BCUT2D eigenvalue weighted by Gasteiger charge is 2.33. The van der Waals surface area contributed by atoms with Crippen LogP contribution in [0.5, 0.6) is 11.5 Å². The van der Waals surface area contributed by atoms with E-state index < -0.39 is 16.9 Å². The Labute approximate surface area is 248 Å². The Morgan fingerprint density at radius 1 is 1.07 bits per heavy atom. The number of benzene rings is 3. The highest BCUT2D eigenvalue weighted by atomic mass is 35.5. The second-order valence-corrected chi connectivity index (χ2v) is 10.6. The van der Waals surface area contributed by atoms with Gasteiger partial charge in [-0.25, -0.2) is 10.2 Å². The molecule has 0 aromatic heterocycles. The van der Waals surface area contributed by atoms with Gasteiger partial charge in [0.15, 0.2) is 15.8 Å². The summed E-state index contributed by atoms with van der Waals surface area (Å²) in [5.74, 6) is 0.411. The van der Waals surface area contributed by atoms with Gasteiger partial charge in [-0.3, -0.25) is 14.9 Å². The molecule has 3 aromatic rings. The molecule has 0 unspecified atom stereocenters. The molecule has 2 N–H and O–H groups in total. The van der Waals surface area contributed by atoms with Crippen molar-refractivity contribution in [1.82, 2.24) is 10.4 Å². The number of non-ortho nitro benzene ring substituents is 1. The molecule has 0 radical (unpaired) electrons. The lowest BCUT2D eigenvalue weighted by atomic mass is 10.1. The van der Waals surface area contributed by atoms with Crippen LogP contribution in [0, 0.1) is 10.1 Å². The number of thioether (sulfide) groups is 1. The minimum atomic E-state index is -0.691. The molecule has 14 heteroatoms. The van der Waals surface area contributed by atoms with Crippen LogP contribution in [-0.4, -0.2) is 32.8 Å². The molecule has 4 rings (SSSR count). The molecule has 0 saturated carbocycles. The Morgan fingerprint density at radius 3 is 2.50 bits per heavy atom. The van der Waals surface area contributed by atoms with Crippen LogP contribution in [0.3, 0.4) is 0 Å². The molecule has 1 fully saturated rings. The van der Waals surface area contributed by atoms with E-state index in [0.29, 0.717) is 39.3 Å². The third-order valence-electron chi connectivity index (χ3n) is 5.29. The fraction of sp³-hybridized carbons (Fsp3) is 0.115. The molecule has 3 amide bonds. The van der Waals surface area contributed by atoms with Crippen molar-refractivity contribution in [3.05, 3.63) is 96.9 Å². The first-order chi connectivity index (χ1) is 19.1. The predicted molar refractivity (Wildman–Crippen MR) is 159 cm³/mol. The number of urea groups is 1. The number of anilines is 1. The Balaban J connectivity index is 1.43. The summed E-state index contributed by atoms with van der Waals surface area (Å²) in [4.78, 5) is 36.1. The lowest BCUT2D eigenvalue weighted by Crippen LogP contribution is -2.46. The van der Waals surface area contributed by atoms with E-state index in [0.717, 1.165) is 22.3 Å². The zero-order chi connectivity index (χ0) is 28.8. The van der Waals surface area contributed by atoms with Gasteiger partial charge in [0.1, 0.15) is 6.61 Å². The monoisotopic (exact) mass is 618 g/mol. The Bertz CT molecular complexity index is 1520. The fourth-order valence-corrected chi connectivity index (χ4v) is 4.90. The summed E-state index contributed by atoms with van der Waals surface area (Å²) in [6.07, 6.45) is 1.63. The molecule has 206 valence electrons. The highest BCUT2D eigenvalue weighted by molar-refractivity contribution is 8.26. The van der Waals surface area contributed by atoms with Crippen molar-refractivity contribution in [2.45, 2.75) is 13.5 Å². The van der Waals surface area contributed by atoms with E-state index in [2.05, 4.69) is 10.7 Å². The molecule has 40 heavy (non-hydrogen) atoms. The number of halogens is 2. The van der Waals surface area contributed by atoms with E-state index in [1.807, 2.05) is 6.92 Å². The van der Waals surface area contributed by atoms with E-state index in [-0.39, 0.29) is 21.6 Å². The zero-order valence-electron chi connectivity index (χ0n) is 20.7. The van der Waals surface area contributed by atoms with E-state index in [4.69, 9.17) is 44.9 Å². The second kappa shape index (κ2) is 13.0. The first-order valence-corrected chi connectivity index (χ1v) is 13.6. The number of ether oxygens (including phenoxy) is 2. The maximum atomic E-state index is 13.0. The first kappa shape index (κ1) is 29.2. The summed E-state index contributed by atoms with van der Waals surface area (Å²) in [7, 11) is 0. The number of rotatable bonds is 9. The Hall–Kier alpha value is -3.84. The summed E-state index contributed by atoms with van der Waals surface area (Å²) in [5.41, 5.74) is 4.20. The number of amides is 3. The molecule has 10 nitrogen and oxygen atoms in total. The van der Waals surface area contributed by atoms with Crippen LogP contribution in [0.15, 0.2) is 65.6 Å². The number of hydrazine groups is 1. The van der Waals surface area contributed by atoms with Gasteiger partial charge in [0.25, 0.3) is 11.6 Å². The molecule has 0 atom stereocenters. The van der Waals surface area contributed by atoms with Crippen LogP contribution in [0.2, 0.25) is 10.0 Å². The average Bonchev–Trinajstić information content (AvgIpc) is 3.18.